The lowest BCUT2D eigenvalue weighted by Crippen LogP contribution is -2.09. The molecule has 0 bridgehead atoms. The van der Waals surface area contributed by atoms with Crippen LogP contribution >= 0.6 is 0 Å². The van der Waals surface area contributed by atoms with Crippen molar-refractivity contribution in [3.63, 3.8) is 0 Å². The van der Waals surface area contributed by atoms with E-state index in [1.165, 1.54) is 0 Å². The molecule has 1 rings (SSSR count). The van der Waals surface area contributed by atoms with Crippen LogP contribution in [0.4, 0.5) is 0 Å². The Morgan fingerprint density at radius 2 is 2.27 bits per heavy atom. The van der Waals surface area contributed by atoms with E-state index in [-0.39, 0.29) is 11.5 Å². The third kappa shape index (κ3) is 1.80. The van der Waals surface area contributed by atoms with Gasteiger partial charge in [0.1, 0.15) is 0 Å². The number of carbonyl (C=O) groups is 1. The highest BCUT2D eigenvalue weighted by Crippen LogP contribution is 2.19. The molecule has 1 aliphatic carbocycles. The van der Waals surface area contributed by atoms with Gasteiger partial charge in [0, 0.05) is 11.5 Å². The van der Waals surface area contributed by atoms with Crippen molar-refractivity contribution in [2.24, 2.45) is 5.92 Å². The molecule has 0 aromatic heterocycles. The highest BCUT2D eigenvalue weighted by Gasteiger charge is 2.14. The zero-order valence-corrected chi connectivity index (χ0v) is 6.16. The van der Waals surface area contributed by atoms with E-state index in [2.05, 4.69) is 6.58 Å². The van der Waals surface area contributed by atoms with Gasteiger partial charge in [0.2, 0.25) is 0 Å². The molecular formula is C9H10O2. The Kier molecular flexibility index (Phi) is 2.26. The van der Waals surface area contributed by atoms with E-state index in [9.17, 15) is 4.79 Å². The van der Waals surface area contributed by atoms with E-state index < -0.39 is 5.97 Å². The molecule has 11 heavy (non-hydrogen) atoms. The number of allylic oxidation sites excluding steroid dienone is 4. The zero-order valence-electron chi connectivity index (χ0n) is 6.16. The second kappa shape index (κ2) is 3.19. The maximum Gasteiger partial charge on any atom is 0.331 e. The fraction of sp³-hybridized carbons (Fsp3) is 0.222. The van der Waals surface area contributed by atoms with Crippen LogP contribution in [0.15, 0.2) is 36.5 Å². The van der Waals surface area contributed by atoms with Crippen LogP contribution in [0.5, 0.6) is 0 Å². The summed E-state index contributed by atoms with van der Waals surface area (Å²) in [7, 11) is 0. The molecule has 2 heteroatoms. The van der Waals surface area contributed by atoms with Gasteiger partial charge in [-0.3, -0.25) is 0 Å². The van der Waals surface area contributed by atoms with E-state index in [0.717, 1.165) is 6.42 Å². The molecule has 0 aliphatic heterocycles. The van der Waals surface area contributed by atoms with Gasteiger partial charge in [0.05, 0.1) is 0 Å². The molecular weight excluding hydrogens is 140 g/mol. The number of rotatable bonds is 2. The first kappa shape index (κ1) is 7.79. The maximum absolute atomic E-state index is 10.4. The third-order valence-electron chi connectivity index (χ3n) is 1.70. The molecule has 0 amide bonds. The van der Waals surface area contributed by atoms with Gasteiger partial charge in [0.15, 0.2) is 0 Å². The van der Waals surface area contributed by atoms with Crippen molar-refractivity contribution in [3.05, 3.63) is 36.5 Å². The molecule has 0 heterocycles. The third-order valence-corrected chi connectivity index (χ3v) is 1.70. The average Bonchev–Trinajstić information content (AvgIpc) is 2.05. The predicted molar refractivity (Wildman–Crippen MR) is 43.2 cm³/mol. The van der Waals surface area contributed by atoms with Gasteiger partial charge < -0.3 is 5.11 Å². The van der Waals surface area contributed by atoms with Gasteiger partial charge in [-0.25, -0.2) is 4.79 Å². The van der Waals surface area contributed by atoms with Gasteiger partial charge in [-0.15, -0.1) is 0 Å². The van der Waals surface area contributed by atoms with E-state index in [1.54, 1.807) is 0 Å². The average molecular weight is 150 g/mol. The number of carboxylic acid groups (broad SMARTS) is 1. The van der Waals surface area contributed by atoms with E-state index in [0.29, 0.717) is 0 Å². The van der Waals surface area contributed by atoms with Crippen molar-refractivity contribution in [1.82, 2.24) is 0 Å². The fourth-order valence-corrected chi connectivity index (χ4v) is 0.998. The summed E-state index contributed by atoms with van der Waals surface area (Å²) in [5, 5.41) is 8.58. The Morgan fingerprint density at radius 1 is 1.55 bits per heavy atom. The van der Waals surface area contributed by atoms with Crippen LogP contribution in [0, 0.1) is 5.92 Å². The van der Waals surface area contributed by atoms with Crippen LogP contribution in [-0.4, -0.2) is 11.1 Å². The first-order chi connectivity index (χ1) is 5.22. The lowest BCUT2D eigenvalue weighted by Gasteiger charge is -2.11. The first-order valence-corrected chi connectivity index (χ1v) is 3.47. The second-order valence-corrected chi connectivity index (χ2v) is 2.49. The number of hydrogen-bond donors (Lipinski definition) is 1. The summed E-state index contributed by atoms with van der Waals surface area (Å²) in [6, 6.07) is 0. The zero-order chi connectivity index (χ0) is 8.27. The molecule has 1 atom stereocenters. The van der Waals surface area contributed by atoms with Gasteiger partial charge in [-0.1, -0.05) is 30.9 Å². The quantitative estimate of drug-likeness (QED) is 0.609. The standard InChI is InChI=1S/C9H10O2/c1-7(9(10)11)8-5-3-2-4-6-8/h2-5,8H,1,6H2,(H,10,11). The van der Waals surface area contributed by atoms with E-state index in [4.69, 9.17) is 5.11 Å². The number of hydrogen-bond acceptors (Lipinski definition) is 1. The number of aliphatic carboxylic acids is 1. The summed E-state index contributed by atoms with van der Waals surface area (Å²) >= 11 is 0. The van der Waals surface area contributed by atoms with Crippen molar-refractivity contribution >= 4 is 5.97 Å². The summed E-state index contributed by atoms with van der Waals surface area (Å²) in [4.78, 5) is 10.4. The molecule has 0 aromatic carbocycles. The molecule has 0 saturated heterocycles. The Bertz CT molecular complexity index is 236. The summed E-state index contributed by atoms with van der Waals surface area (Å²) < 4.78 is 0. The Balaban J connectivity index is 2.62. The Labute approximate surface area is 65.5 Å². The normalized spacial score (nSPS) is 21.6. The van der Waals surface area contributed by atoms with E-state index >= 15 is 0 Å². The van der Waals surface area contributed by atoms with Gasteiger partial charge in [-0.05, 0) is 6.42 Å². The minimum atomic E-state index is -0.907. The molecule has 1 unspecified atom stereocenters. The van der Waals surface area contributed by atoms with Crippen molar-refractivity contribution in [3.8, 4) is 0 Å². The van der Waals surface area contributed by atoms with E-state index in [1.807, 2.05) is 24.3 Å². The highest BCUT2D eigenvalue weighted by atomic mass is 16.4. The highest BCUT2D eigenvalue weighted by molar-refractivity contribution is 5.86. The van der Waals surface area contributed by atoms with Crippen molar-refractivity contribution in [2.45, 2.75) is 6.42 Å². The van der Waals surface area contributed by atoms with Crippen molar-refractivity contribution in [1.29, 1.82) is 0 Å². The molecule has 2 nitrogen and oxygen atoms in total. The first-order valence-electron chi connectivity index (χ1n) is 3.47. The Hall–Kier alpha value is -1.31. The van der Waals surface area contributed by atoms with Crippen LogP contribution in [0.3, 0.4) is 0 Å². The minimum absolute atomic E-state index is 0.0162. The van der Waals surface area contributed by atoms with Crippen molar-refractivity contribution < 1.29 is 9.90 Å². The molecule has 1 aliphatic rings. The molecule has 58 valence electrons. The predicted octanol–water partition coefficient (Wildman–Crippen LogP) is 1.76. The summed E-state index contributed by atoms with van der Waals surface area (Å²) in [5.74, 6) is -0.924. The minimum Gasteiger partial charge on any atom is -0.478 e. The SMILES string of the molecule is C=C(C(=O)O)C1C=CC=CC1. The number of carboxylic acids is 1. The molecule has 0 fully saturated rings. The molecule has 0 aromatic rings. The topological polar surface area (TPSA) is 37.3 Å². The monoisotopic (exact) mass is 150 g/mol. The smallest absolute Gasteiger partial charge is 0.331 e. The molecule has 0 saturated carbocycles. The van der Waals surface area contributed by atoms with Crippen LogP contribution in [0.2, 0.25) is 0 Å². The van der Waals surface area contributed by atoms with Crippen LogP contribution in [0.1, 0.15) is 6.42 Å². The van der Waals surface area contributed by atoms with Crippen LogP contribution in [-0.2, 0) is 4.79 Å². The second-order valence-electron chi connectivity index (χ2n) is 2.49. The summed E-state index contributed by atoms with van der Waals surface area (Å²) in [6.07, 6.45) is 8.31. The summed E-state index contributed by atoms with van der Waals surface area (Å²) in [5.41, 5.74) is 0.269. The molecule has 1 N–H and O–H groups in total. The lowest BCUT2D eigenvalue weighted by atomic mass is 9.94. The van der Waals surface area contributed by atoms with Gasteiger partial charge in [0.25, 0.3) is 0 Å². The Morgan fingerprint density at radius 3 is 2.73 bits per heavy atom. The lowest BCUT2D eigenvalue weighted by molar-refractivity contribution is -0.133. The summed E-state index contributed by atoms with van der Waals surface area (Å²) in [6.45, 7) is 3.49. The van der Waals surface area contributed by atoms with Gasteiger partial charge in [-0.2, -0.15) is 0 Å². The largest absolute Gasteiger partial charge is 0.478 e. The maximum atomic E-state index is 10.4. The van der Waals surface area contributed by atoms with Gasteiger partial charge >= 0.3 is 5.97 Å². The fourth-order valence-electron chi connectivity index (χ4n) is 0.998. The molecule has 0 spiro atoms. The molecule has 0 radical (unpaired) electrons. The van der Waals surface area contributed by atoms with Crippen LogP contribution in [0.25, 0.3) is 0 Å². The van der Waals surface area contributed by atoms with Crippen molar-refractivity contribution in [2.75, 3.05) is 0 Å². The van der Waals surface area contributed by atoms with Crippen LogP contribution < -0.4 is 0 Å².